The number of unbranched alkanes of at least 4 members (excludes halogenated alkanes) is 1. The Morgan fingerprint density at radius 2 is 1.39 bits per heavy atom. The van der Waals surface area contributed by atoms with Crippen LogP contribution in [-0.4, -0.2) is 6.61 Å². The van der Waals surface area contributed by atoms with E-state index in [9.17, 15) is 13.2 Å². The Balaban J connectivity index is 1.16. The monoisotopic (exact) mass is 500 g/mol. The van der Waals surface area contributed by atoms with Gasteiger partial charge >= 0.3 is 6.61 Å². The molecule has 0 N–H and O–H groups in total. The quantitative estimate of drug-likeness (QED) is 0.279. The molecule has 0 heterocycles. The minimum absolute atomic E-state index is 0.121. The minimum atomic E-state index is -2.82. The van der Waals surface area contributed by atoms with Gasteiger partial charge in [-0.25, -0.2) is 4.39 Å². The average molecular weight is 501 g/mol. The number of alkyl halides is 2. The molecule has 0 saturated heterocycles. The lowest BCUT2D eigenvalue weighted by molar-refractivity contribution is -0.0498. The van der Waals surface area contributed by atoms with E-state index in [0.717, 1.165) is 28.9 Å². The molecule has 0 amide bonds. The Bertz CT molecular complexity index is 909. The normalized spacial score (nSPS) is 24.7. The van der Waals surface area contributed by atoms with Crippen LogP contribution >= 0.6 is 0 Å². The molecule has 2 aliphatic carbocycles. The summed E-state index contributed by atoms with van der Waals surface area (Å²) in [5, 5.41) is 0. The summed E-state index contributed by atoms with van der Waals surface area (Å²) in [5.74, 6) is 3.30. The Morgan fingerprint density at radius 1 is 0.778 bits per heavy atom. The number of hydrogen-bond donors (Lipinski definition) is 0. The van der Waals surface area contributed by atoms with Gasteiger partial charge in [-0.3, -0.25) is 0 Å². The predicted octanol–water partition coefficient (Wildman–Crippen LogP) is 9.87. The second-order valence-electron chi connectivity index (χ2n) is 11.5. The van der Waals surface area contributed by atoms with E-state index in [0.29, 0.717) is 24.3 Å². The molecule has 0 radical (unpaired) electrons. The topological polar surface area (TPSA) is 9.23 Å². The molecule has 2 fully saturated rings. The van der Waals surface area contributed by atoms with Crippen LogP contribution in [0.3, 0.4) is 0 Å². The Labute approximate surface area is 215 Å². The lowest BCUT2D eigenvalue weighted by Gasteiger charge is -2.29. The van der Waals surface area contributed by atoms with Crippen LogP contribution < -0.4 is 4.74 Å². The second kappa shape index (κ2) is 13.5. The summed E-state index contributed by atoms with van der Waals surface area (Å²) in [6, 6.07) is 12.4. The molecular formula is C32H43F3O. The molecule has 36 heavy (non-hydrogen) atoms. The molecule has 0 atom stereocenters. The molecule has 0 unspecified atom stereocenters. The maximum Gasteiger partial charge on any atom is 0.387 e. The number of benzene rings is 2. The highest BCUT2D eigenvalue weighted by Gasteiger charge is 2.23. The SMILES string of the molecule is CC1CCC(CCCCC2CCC(c3ccc(CCc4ccc(OC(F)F)cc4)c(F)c3)CC2)CC1. The van der Waals surface area contributed by atoms with Gasteiger partial charge in [0.25, 0.3) is 0 Å². The van der Waals surface area contributed by atoms with E-state index >= 15 is 0 Å². The highest BCUT2D eigenvalue weighted by atomic mass is 19.3. The van der Waals surface area contributed by atoms with Gasteiger partial charge in [-0.2, -0.15) is 8.78 Å². The van der Waals surface area contributed by atoms with Crippen LogP contribution in [0.4, 0.5) is 13.2 Å². The zero-order valence-corrected chi connectivity index (χ0v) is 21.9. The summed E-state index contributed by atoms with van der Waals surface area (Å²) in [6.45, 7) is -0.421. The Hall–Kier alpha value is -1.97. The summed E-state index contributed by atoms with van der Waals surface area (Å²) in [5.41, 5.74) is 2.84. The molecule has 0 spiro atoms. The highest BCUT2D eigenvalue weighted by Crippen LogP contribution is 2.39. The number of aryl methyl sites for hydroxylation is 2. The van der Waals surface area contributed by atoms with E-state index in [1.54, 1.807) is 18.2 Å². The Morgan fingerprint density at radius 3 is 1.97 bits per heavy atom. The van der Waals surface area contributed by atoms with Crippen molar-refractivity contribution in [3.05, 3.63) is 65.0 Å². The molecule has 2 aromatic carbocycles. The second-order valence-corrected chi connectivity index (χ2v) is 11.5. The third-order valence-corrected chi connectivity index (χ3v) is 8.84. The highest BCUT2D eigenvalue weighted by molar-refractivity contribution is 5.30. The van der Waals surface area contributed by atoms with E-state index in [1.807, 2.05) is 6.07 Å². The largest absolute Gasteiger partial charge is 0.435 e. The number of hydrogen-bond acceptors (Lipinski definition) is 1. The zero-order chi connectivity index (χ0) is 25.3. The van der Waals surface area contributed by atoms with Crippen molar-refractivity contribution < 1.29 is 17.9 Å². The first-order valence-corrected chi connectivity index (χ1v) is 14.3. The molecule has 4 heteroatoms. The van der Waals surface area contributed by atoms with Gasteiger partial charge in [-0.1, -0.05) is 82.6 Å². The average Bonchev–Trinajstić information content (AvgIpc) is 2.88. The maximum absolute atomic E-state index is 14.9. The van der Waals surface area contributed by atoms with Gasteiger partial charge in [0.2, 0.25) is 0 Å². The van der Waals surface area contributed by atoms with Crippen LogP contribution in [0.25, 0.3) is 0 Å². The van der Waals surface area contributed by atoms with Crippen molar-refractivity contribution in [1.29, 1.82) is 0 Å². The van der Waals surface area contributed by atoms with Crippen LogP contribution in [0.2, 0.25) is 0 Å². The maximum atomic E-state index is 14.9. The molecule has 4 rings (SSSR count). The fourth-order valence-electron chi connectivity index (χ4n) is 6.41. The molecule has 0 aliphatic heterocycles. The molecule has 1 nitrogen and oxygen atoms in total. The van der Waals surface area contributed by atoms with Gasteiger partial charge in [0, 0.05) is 0 Å². The van der Waals surface area contributed by atoms with E-state index < -0.39 is 6.61 Å². The van der Waals surface area contributed by atoms with E-state index in [-0.39, 0.29) is 11.6 Å². The van der Waals surface area contributed by atoms with Crippen molar-refractivity contribution >= 4 is 0 Å². The van der Waals surface area contributed by atoms with Gasteiger partial charge in [-0.05, 0) is 97.1 Å². The van der Waals surface area contributed by atoms with Gasteiger partial charge in [0.1, 0.15) is 11.6 Å². The number of rotatable bonds is 11. The van der Waals surface area contributed by atoms with Gasteiger partial charge in [0.15, 0.2) is 0 Å². The third-order valence-electron chi connectivity index (χ3n) is 8.84. The van der Waals surface area contributed by atoms with Crippen molar-refractivity contribution in [2.45, 2.75) is 109 Å². The summed E-state index contributed by atoms with van der Waals surface area (Å²) in [6.07, 6.45) is 17.5. The molecule has 2 saturated carbocycles. The molecule has 198 valence electrons. The first kappa shape index (κ1) is 27.1. The fourth-order valence-corrected chi connectivity index (χ4v) is 6.41. The summed E-state index contributed by atoms with van der Waals surface area (Å²) < 4.78 is 43.8. The molecule has 2 aliphatic rings. The summed E-state index contributed by atoms with van der Waals surface area (Å²) in [7, 11) is 0. The smallest absolute Gasteiger partial charge is 0.387 e. The van der Waals surface area contributed by atoms with Gasteiger partial charge in [0.05, 0.1) is 0 Å². The first-order chi connectivity index (χ1) is 17.5. The van der Waals surface area contributed by atoms with E-state index in [4.69, 9.17) is 0 Å². The lowest BCUT2D eigenvalue weighted by atomic mass is 9.76. The van der Waals surface area contributed by atoms with Crippen LogP contribution in [0.1, 0.15) is 107 Å². The molecule has 0 bridgehead atoms. The van der Waals surface area contributed by atoms with Crippen molar-refractivity contribution in [2.75, 3.05) is 0 Å². The summed E-state index contributed by atoms with van der Waals surface area (Å²) in [4.78, 5) is 0. The lowest BCUT2D eigenvalue weighted by Crippen LogP contribution is -2.14. The van der Waals surface area contributed by atoms with Crippen molar-refractivity contribution in [2.24, 2.45) is 17.8 Å². The fraction of sp³-hybridized carbons (Fsp3) is 0.625. The van der Waals surface area contributed by atoms with Crippen LogP contribution in [0, 0.1) is 23.6 Å². The first-order valence-electron chi connectivity index (χ1n) is 14.3. The molecule has 2 aromatic rings. The molecular weight excluding hydrogens is 457 g/mol. The molecule has 0 aromatic heterocycles. The van der Waals surface area contributed by atoms with E-state index in [2.05, 4.69) is 17.7 Å². The third kappa shape index (κ3) is 8.28. The standard InChI is InChI=1S/C32H43F3O/c1-23-6-8-24(9-7-23)4-2-3-5-25-10-15-27(16-11-25)29-19-18-28(31(33)22-29)17-12-26-13-20-30(21-14-26)36-32(34)35/h13-14,18-25,27,32H,2-12,15-17H2,1H3. The number of ether oxygens (including phenoxy) is 1. The van der Waals surface area contributed by atoms with Gasteiger partial charge < -0.3 is 4.74 Å². The van der Waals surface area contributed by atoms with Crippen molar-refractivity contribution in [3.63, 3.8) is 0 Å². The number of halogens is 3. The van der Waals surface area contributed by atoms with Crippen LogP contribution in [-0.2, 0) is 12.8 Å². The summed E-state index contributed by atoms with van der Waals surface area (Å²) >= 11 is 0. The van der Waals surface area contributed by atoms with E-state index in [1.165, 1.54) is 89.2 Å². The van der Waals surface area contributed by atoms with Crippen molar-refractivity contribution in [1.82, 2.24) is 0 Å². The minimum Gasteiger partial charge on any atom is -0.435 e. The van der Waals surface area contributed by atoms with Crippen molar-refractivity contribution in [3.8, 4) is 5.75 Å². The predicted molar refractivity (Wildman–Crippen MR) is 141 cm³/mol. The Kier molecular flexibility index (Phi) is 10.2. The van der Waals surface area contributed by atoms with Crippen LogP contribution in [0.5, 0.6) is 5.75 Å². The zero-order valence-electron chi connectivity index (χ0n) is 21.9. The van der Waals surface area contributed by atoms with Gasteiger partial charge in [-0.15, -0.1) is 0 Å². The van der Waals surface area contributed by atoms with Crippen LogP contribution in [0.15, 0.2) is 42.5 Å².